The molecule has 3 heterocycles. The lowest BCUT2D eigenvalue weighted by atomic mass is 10.1. The fourth-order valence-corrected chi connectivity index (χ4v) is 4.61. The number of thiophene rings is 1. The van der Waals surface area contributed by atoms with Crippen LogP contribution >= 0.6 is 11.3 Å². The van der Waals surface area contributed by atoms with Crippen LogP contribution in [-0.2, 0) is 12.8 Å². The summed E-state index contributed by atoms with van der Waals surface area (Å²) in [5.74, 6) is 1.67. The first-order chi connectivity index (χ1) is 12.2. The number of anilines is 1. The number of nitrogens with one attached hydrogen (secondary N) is 1. The van der Waals surface area contributed by atoms with E-state index in [9.17, 15) is 0 Å². The topological polar surface area (TPSA) is 76.7 Å². The molecule has 0 aliphatic heterocycles. The summed E-state index contributed by atoms with van der Waals surface area (Å²) in [5.41, 5.74) is 8.40. The Labute approximate surface area is 151 Å². The Morgan fingerprint density at radius 1 is 1.16 bits per heavy atom. The van der Waals surface area contributed by atoms with Crippen molar-refractivity contribution < 1.29 is 0 Å². The van der Waals surface area contributed by atoms with Crippen LogP contribution in [0.5, 0.6) is 0 Å². The van der Waals surface area contributed by atoms with E-state index in [4.69, 9.17) is 15.7 Å². The lowest BCUT2D eigenvalue weighted by molar-refractivity contribution is 0.713. The molecule has 5 nitrogen and oxygen atoms in total. The van der Waals surface area contributed by atoms with E-state index in [-0.39, 0.29) is 6.04 Å². The van der Waals surface area contributed by atoms with E-state index in [1.54, 1.807) is 12.4 Å². The van der Waals surface area contributed by atoms with E-state index < -0.39 is 0 Å². The van der Waals surface area contributed by atoms with Crippen molar-refractivity contribution in [2.45, 2.75) is 45.1 Å². The lowest BCUT2D eigenvalue weighted by Crippen LogP contribution is -2.25. The van der Waals surface area contributed by atoms with Crippen LogP contribution in [0.25, 0.3) is 21.6 Å². The highest BCUT2D eigenvalue weighted by molar-refractivity contribution is 7.19. The molecular weight excluding hydrogens is 330 g/mol. The quantitative estimate of drug-likeness (QED) is 0.698. The van der Waals surface area contributed by atoms with E-state index in [2.05, 4.69) is 10.3 Å². The average molecular weight is 353 g/mol. The van der Waals surface area contributed by atoms with Gasteiger partial charge in [0.15, 0.2) is 5.82 Å². The van der Waals surface area contributed by atoms with Crippen LogP contribution < -0.4 is 11.1 Å². The molecule has 1 atom stereocenters. The molecule has 0 saturated carbocycles. The summed E-state index contributed by atoms with van der Waals surface area (Å²) in [6, 6.07) is 3.98. The maximum Gasteiger partial charge on any atom is 0.163 e. The van der Waals surface area contributed by atoms with Gasteiger partial charge in [0.25, 0.3) is 0 Å². The predicted molar refractivity (Wildman–Crippen MR) is 104 cm³/mol. The number of hydrogen-bond donors (Lipinski definition) is 2. The summed E-state index contributed by atoms with van der Waals surface area (Å²) in [7, 11) is 0. The van der Waals surface area contributed by atoms with Crippen LogP contribution in [0.1, 0.15) is 36.6 Å². The minimum atomic E-state index is 0.0756. The van der Waals surface area contributed by atoms with Gasteiger partial charge >= 0.3 is 0 Å². The van der Waals surface area contributed by atoms with Gasteiger partial charge in [-0.25, -0.2) is 9.97 Å². The molecule has 6 heteroatoms. The number of fused-ring (bicyclic) bond motifs is 3. The molecule has 0 radical (unpaired) electrons. The van der Waals surface area contributed by atoms with E-state index in [1.165, 1.54) is 35.1 Å². The first kappa shape index (κ1) is 16.4. The normalized spacial score (nSPS) is 15.6. The summed E-state index contributed by atoms with van der Waals surface area (Å²) in [5, 5.41) is 4.68. The summed E-state index contributed by atoms with van der Waals surface area (Å²) < 4.78 is 0. The van der Waals surface area contributed by atoms with Crippen LogP contribution in [0.4, 0.5) is 5.82 Å². The lowest BCUT2D eigenvalue weighted by Gasteiger charge is -2.12. The van der Waals surface area contributed by atoms with Crippen LogP contribution in [-0.4, -0.2) is 27.5 Å². The average Bonchev–Trinajstić information content (AvgIpc) is 2.81. The number of pyridine rings is 1. The Morgan fingerprint density at radius 3 is 2.76 bits per heavy atom. The molecule has 1 aliphatic carbocycles. The second-order valence-electron chi connectivity index (χ2n) is 6.73. The molecule has 0 amide bonds. The highest BCUT2D eigenvalue weighted by atomic mass is 32.1. The van der Waals surface area contributed by atoms with Crippen LogP contribution in [0.2, 0.25) is 0 Å². The number of aryl methyl sites for hydroxylation is 2. The molecule has 3 aromatic heterocycles. The van der Waals surface area contributed by atoms with E-state index >= 15 is 0 Å². The molecule has 1 aliphatic rings. The molecule has 3 N–H and O–H groups in total. The van der Waals surface area contributed by atoms with Gasteiger partial charge in [-0.2, -0.15) is 0 Å². The van der Waals surface area contributed by atoms with E-state index in [0.717, 1.165) is 34.9 Å². The monoisotopic (exact) mass is 353 g/mol. The van der Waals surface area contributed by atoms with E-state index in [0.29, 0.717) is 6.54 Å². The molecule has 0 bridgehead atoms. The maximum absolute atomic E-state index is 5.96. The number of hydrogen-bond acceptors (Lipinski definition) is 6. The van der Waals surface area contributed by atoms with Gasteiger partial charge in [-0.15, -0.1) is 11.3 Å². The van der Waals surface area contributed by atoms with Crippen molar-refractivity contribution in [2.75, 3.05) is 11.9 Å². The second kappa shape index (κ2) is 7.06. The summed E-state index contributed by atoms with van der Waals surface area (Å²) >= 11 is 1.83. The van der Waals surface area contributed by atoms with Gasteiger partial charge in [0.05, 0.1) is 5.39 Å². The van der Waals surface area contributed by atoms with Gasteiger partial charge in [-0.3, -0.25) is 4.98 Å². The summed E-state index contributed by atoms with van der Waals surface area (Å²) in [4.78, 5) is 16.4. The number of rotatable bonds is 4. The second-order valence-corrected chi connectivity index (χ2v) is 7.82. The summed E-state index contributed by atoms with van der Waals surface area (Å²) in [6.07, 6.45) is 9.67. The fraction of sp³-hybridized carbons (Fsp3) is 0.421. The minimum Gasteiger partial charge on any atom is -0.368 e. The standard InChI is InChI=1S/C19H23N5S/c1-12(20)11-22-18-16-14-5-3-2-4-6-15(14)25-19(16)24-17(23-18)13-7-9-21-10-8-13/h7-10,12H,2-6,11,20H2,1H3,(H,22,23,24). The van der Waals surface area contributed by atoms with Gasteiger partial charge < -0.3 is 11.1 Å². The SMILES string of the molecule is CC(N)CNc1nc(-c2ccncc2)nc2sc3c(c12)CCCCC3. The molecule has 0 fully saturated rings. The summed E-state index contributed by atoms with van der Waals surface area (Å²) in [6.45, 7) is 2.70. The third-order valence-corrected chi connectivity index (χ3v) is 5.78. The minimum absolute atomic E-state index is 0.0756. The maximum atomic E-state index is 5.96. The zero-order valence-corrected chi connectivity index (χ0v) is 15.3. The molecule has 0 aromatic carbocycles. The first-order valence-corrected chi connectivity index (χ1v) is 9.76. The van der Waals surface area contributed by atoms with Crippen molar-refractivity contribution in [1.29, 1.82) is 0 Å². The predicted octanol–water partition coefficient (Wildman–Crippen LogP) is 3.78. The molecule has 0 spiro atoms. The Balaban J connectivity index is 1.87. The van der Waals surface area contributed by atoms with Crippen molar-refractivity contribution in [1.82, 2.24) is 15.0 Å². The highest BCUT2D eigenvalue weighted by Crippen LogP contribution is 2.39. The van der Waals surface area contributed by atoms with Gasteiger partial charge in [-0.05, 0) is 50.3 Å². The largest absolute Gasteiger partial charge is 0.368 e. The zero-order chi connectivity index (χ0) is 17.2. The highest BCUT2D eigenvalue weighted by Gasteiger charge is 2.20. The Kier molecular flexibility index (Phi) is 4.63. The van der Waals surface area contributed by atoms with Gasteiger partial charge in [-0.1, -0.05) is 6.42 Å². The van der Waals surface area contributed by atoms with Crippen LogP contribution in [0.15, 0.2) is 24.5 Å². The van der Waals surface area contributed by atoms with Crippen molar-refractivity contribution in [2.24, 2.45) is 5.73 Å². The number of nitrogens with zero attached hydrogens (tertiary/aromatic N) is 3. The molecular formula is C19H23N5S. The van der Waals surface area contributed by atoms with Crippen LogP contribution in [0, 0.1) is 0 Å². The van der Waals surface area contributed by atoms with Crippen molar-refractivity contribution in [3.05, 3.63) is 35.0 Å². The molecule has 3 aromatic rings. The Morgan fingerprint density at radius 2 is 1.96 bits per heavy atom. The molecule has 130 valence electrons. The van der Waals surface area contributed by atoms with Crippen LogP contribution in [0.3, 0.4) is 0 Å². The Hall–Kier alpha value is -2.05. The van der Waals surface area contributed by atoms with Crippen molar-refractivity contribution >= 4 is 27.4 Å². The number of aromatic nitrogens is 3. The van der Waals surface area contributed by atoms with Gasteiger partial charge in [0, 0.05) is 35.4 Å². The smallest absolute Gasteiger partial charge is 0.163 e. The van der Waals surface area contributed by atoms with Crippen molar-refractivity contribution in [3.63, 3.8) is 0 Å². The molecule has 25 heavy (non-hydrogen) atoms. The Bertz CT molecular complexity index is 872. The third kappa shape index (κ3) is 3.37. The molecule has 4 rings (SSSR count). The fourth-order valence-electron chi connectivity index (χ4n) is 3.35. The zero-order valence-electron chi connectivity index (χ0n) is 14.5. The van der Waals surface area contributed by atoms with Gasteiger partial charge in [0.2, 0.25) is 0 Å². The third-order valence-electron chi connectivity index (χ3n) is 4.59. The molecule has 0 saturated heterocycles. The molecule has 1 unspecified atom stereocenters. The number of nitrogens with two attached hydrogens (primary N) is 1. The first-order valence-electron chi connectivity index (χ1n) is 8.94. The van der Waals surface area contributed by atoms with Crippen molar-refractivity contribution in [3.8, 4) is 11.4 Å². The van der Waals surface area contributed by atoms with E-state index in [1.807, 2.05) is 30.4 Å². The van der Waals surface area contributed by atoms with Gasteiger partial charge in [0.1, 0.15) is 10.6 Å².